The average molecular weight is 521 g/mol. The second-order valence-corrected chi connectivity index (χ2v) is 10.3. The molecule has 0 bridgehead atoms. The number of aromatic nitrogens is 2. The Kier molecular flexibility index (Phi) is 6.51. The average Bonchev–Trinajstić information content (AvgIpc) is 2.90. The Morgan fingerprint density at radius 1 is 1.24 bits per heavy atom. The number of amides is 2. The van der Waals surface area contributed by atoms with Gasteiger partial charge in [0, 0.05) is 60.8 Å². The number of benzene rings is 1. The largest absolute Gasteiger partial charge is 0.380 e. The van der Waals surface area contributed by atoms with Gasteiger partial charge in [0.05, 0.1) is 12.0 Å². The number of pyridine rings is 2. The summed E-state index contributed by atoms with van der Waals surface area (Å²) in [5, 5.41) is 2.81. The van der Waals surface area contributed by atoms with Gasteiger partial charge in [-0.15, -0.1) is 0 Å². The Balaban J connectivity index is 1.49. The van der Waals surface area contributed by atoms with Gasteiger partial charge in [-0.05, 0) is 68.7 Å². The molecule has 2 aliphatic rings. The number of alkyl halides is 2. The summed E-state index contributed by atoms with van der Waals surface area (Å²) < 4.78 is 33.1. The van der Waals surface area contributed by atoms with Gasteiger partial charge in [0.2, 0.25) is 5.91 Å². The number of ether oxygens (including phenoxy) is 1. The number of aryl methyl sites for hydroxylation is 1. The van der Waals surface area contributed by atoms with Crippen molar-refractivity contribution in [2.75, 3.05) is 30.0 Å². The van der Waals surface area contributed by atoms with Gasteiger partial charge >= 0.3 is 0 Å². The summed E-state index contributed by atoms with van der Waals surface area (Å²) in [6.07, 6.45) is 3.69. The van der Waals surface area contributed by atoms with Crippen LogP contribution >= 0.6 is 0 Å². The lowest BCUT2D eigenvalue weighted by Gasteiger charge is -2.47. The molecule has 3 aromatic rings. The Morgan fingerprint density at radius 3 is 2.76 bits per heavy atom. The van der Waals surface area contributed by atoms with Crippen molar-refractivity contribution in [3.05, 3.63) is 71.2 Å². The molecule has 1 aromatic carbocycles. The fraction of sp³-hybridized carbons (Fsp3) is 0.379. The molecule has 2 atom stereocenters. The smallest absolute Gasteiger partial charge is 0.286 e. The lowest BCUT2D eigenvalue weighted by Crippen LogP contribution is -2.54. The molecule has 2 amide bonds. The summed E-state index contributed by atoms with van der Waals surface area (Å²) in [4.78, 5) is 36.4. The van der Waals surface area contributed by atoms with Crippen molar-refractivity contribution >= 4 is 23.3 Å². The molecule has 198 valence electrons. The number of anilines is 2. The minimum absolute atomic E-state index is 0.00484. The third-order valence-electron chi connectivity index (χ3n) is 7.58. The van der Waals surface area contributed by atoms with Crippen molar-refractivity contribution in [3.8, 4) is 11.1 Å². The fourth-order valence-corrected chi connectivity index (χ4v) is 5.44. The Hall–Kier alpha value is -3.72. The molecular weight excluding hydrogens is 490 g/mol. The summed E-state index contributed by atoms with van der Waals surface area (Å²) in [6.45, 7) is 8.10. The summed E-state index contributed by atoms with van der Waals surface area (Å²) >= 11 is 0. The van der Waals surface area contributed by atoms with Crippen LogP contribution in [0.15, 0.2) is 48.8 Å². The van der Waals surface area contributed by atoms with Crippen LogP contribution in [0.25, 0.3) is 11.1 Å². The van der Waals surface area contributed by atoms with Gasteiger partial charge < -0.3 is 10.1 Å². The van der Waals surface area contributed by atoms with E-state index in [2.05, 4.69) is 16.4 Å². The van der Waals surface area contributed by atoms with Crippen LogP contribution < -0.4 is 10.2 Å². The minimum atomic E-state index is -3.15. The van der Waals surface area contributed by atoms with Crippen LogP contribution in [-0.2, 0) is 15.5 Å². The van der Waals surface area contributed by atoms with E-state index >= 15 is 0 Å². The zero-order chi connectivity index (χ0) is 27.2. The SMILES string of the molecule is CCN1C(=O)[C@@]2(C)COCC[C@@H]2c2cc(-c3cc(NC(=O)c4ccnc(C(C)(F)F)c4)ccc3C)cnc21. The van der Waals surface area contributed by atoms with E-state index < -0.39 is 22.9 Å². The van der Waals surface area contributed by atoms with E-state index in [4.69, 9.17) is 9.72 Å². The normalized spacial score (nSPS) is 21.1. The van der Waals surface area contributed by atoms with E-state index in [1.54, 1.807) is 17.2 Å². The van der Waals surface area contributed by atoms with Crippen LogP contribution in [0.1, 0.15) is 60.3 Å². The first-order valence-corrected chi connectivity index (χ1v) is 12.7. The van der Waals surface area contributed by atoms with Crippen molar-refractivity contribution < 1.29 is 23.1 Å². The number of nitrogens with one attached hydrogen (secondary N) is 1. The highest BCUT2D eigenvalue weighted by atomic mass is 19.3. The van der Waals surface area contributed by atoms with Crippen molar-refractivity contribution in [1.82, 2.24) is 9.97 Å². The van der Waals surface area contributed by atoms with Gasteiger partial charge in [0.25, 0.3) is 11.8 Å². The predicted molar refractivity (Wildman–Crippen MR) is 140 cm³/mol. The maximum Gasteiger partial charge on any atom is 0.286 e. The van der Waals surface area contributed by atoms with Crippen molar-refractivity contribution in [1.29, 1.82) is 0 Å². The Morgan fingerprint density at radius 2 is 2.03 bits per heavy atom. The number of carbonyl (C=O) groups excluding carboxylic acids is 2. The number of halogens is 2. The second-order valence-electron chi connectivity index (χ2n) is 10.3. The van der Waals surface area contributed by atoms with E-state index in [0.29, 0.717) is 31.3 Å². The number of hydrogen-bond donors (Lipinski definition) is 1. The van der Waals surface area contributed by atoms with Gasteiger partial charge in [0.15, 0.2) is 0 Å². The second kappa shape index (κ2) is 9.54. The van der Waals surface area contributed by atoms with Crippen molar-refractivity contribution in [2.45, 2.75) is 46.0 Å². The molecule has 1 fully saturated rings. The minimum Gasteiger partial charge on any atom is -0.380 e. The van der Waals surface area contributed by atoms with Crippen molar-refractivity contribution in [3.63, 3.8) is 0 Å². The third kappa shape index (κ3) is 4.45. The van der Waals surface area contributed by atoms with Gasteiger partial charge in [-0.2, -0.15) is 8.78 Å². The molecule has 0 aliphatic carbocycles. The number of carbonyl (C=O) groups is 2. The topological polar surface area (TPSA) is 84.4 Å². The molecular formula is C29H30F2N4O3. The molecule has 38 heavy (non-hydrogen) atoms. The van der Waals surface area contributed by atoms with E-state index in [9.17, 15) is 18.4 Å². The predicted octanol–water partition coefficient (Wildman–Crippen LogP) is 5.69. The molecule has 7 nitrogen and oxygen atoms in total. The molecule has 1 N–H and O–H groups in total. The number of fused-ring (bicyclic) bond motifs is 3. The summed E-state index contributed by atoms with van der Waals surface area (Å²) in [5.41, 5.74) is 3.26. The molecule has 0 saturated carbocycles. The van der Waals surface area contributed by atoms with E-state index in [1.807, 2.05) is 32.9 Å². The number of nitrogens with zero attached hydrogens (tertiary/aromatic N) is 3. The van der Waals surface area contributed by atoms with Crippen LogP contribution in [0.3, 0.4) is 0 Å². The third-order valence-corrected chi connectivity index (χ3v) is 7.58. The van der Waals surface area contributed by atoms with Crippen LogP contribution in [0.4, 0.5) is 20.3 Å². The number of hydrogen-bond acceptors (Lipinski definition) is 5. The standard InChI is InChI=1S/C29H30F2N4O3/c1-5-35-25-22(23-9-11-38-16-28(23,3)27(35)37)12-19(15-33-25)21-14-20(7-6-17(21)2)34-26(36)18-8-10-32-24(13-18)29(4,30)31/h6-8,10,12-15,23H,5,9,11,16H2,1-4H3,(H,34,36)/t23-,28+/m1/s1. The molecule has 0 radical (unpaired) electrons. The van der Waals surface area contributed by atoms with Crippen molar-refractivity contribution in [2.24, 2.45) is 5.41 Å². The highest BCUT2D eigenvalue weighted by Crippen LogP contribution is 2.50. The molecule has 5 rings (SSSR count). The lowest BCUT2D eigenvalue weighted by molar-refractivity contribution is -0.137. The first-order chi connectivity index (χ1) is 18.0. The van der Waals surface area contributed by atoms with Gasteiger partial charge in [0.1, 0.15) is 11.5 Å². The van der Waals surface area contributed by atoms with Gasteiger partial charge in [-0.3, -0.25) is 19.5 Å². The maximum atomic E-state index is 13.7. The molecule has 1 saturated heterocycles. The quantitative estimate of drug-likeness (QED) is 0.467. The molecule has 4 heterocycles. The van der Waals surface area contributed by atoms with Gasteiger partial charge in [-0.25, -0.2) is 4.98 Å². The number of rotatable bonds is 5. The Bertz CT molecular complexity index is 1420. The van der Waals surface area contributed by atoms with E-state index in [0.717, 1.165) is 41.7 Å². The summed E-state index contributed by atoms with van der Waals surface area (Å²) in [6, 6.07) is 10.1. The van der Waals surface area contributed by atoms with Crippen LogP contribution in [-0.4, -0.2) is 41.5 Å². The van der Waals surface area contributed by atoms with E-state index in [-0.39, 0.29) is 17.4 Å². The Labute approximate surface area is 220 Å². The molecule has 0 spiro atoms. The first-order valence-electron chi connectivity index (χ1n) is 12.7. The highest BCUT2D eigenvalue weighted by molar-refractivity contribution is 6.04. The zero-order valence-electron chi connectivity index (χ0n) is 21.8. The molecule has 2 aliphatic heterocycles. The van der Waals surface area contributed by atoms with Crippen LogP contribution in [0.5, 0.6) is 0 Å². The monoisotopic (exact) mass is 520 g/mol. The lowest BCUT2D eigenvalue weighted by atomic mass is 9.67. The fourth-order valence-electron chi connectivity index (χ4n) is 5.44. The summed E-state index contributed by atoms with van der Waals surface area (Å²) in [5.74, 6) is -2.93. The highest BCUT2D eigenvalue weighted by Gasteiger charge is 2.51. The van der Waals surface area contributed by atoms with Crippen LogP contribution in [0.2, 0.25) is 0 Å². The maximum absolute atomic E-state index is 13.7. The molecule has 9 heteroatoms. The van der Waals surface area contributed by atoms with Gasteiger partial charge in [-0.1, -0.05) is 6.07 Å². The zero-order valence-corrected chi connectivity index (χ0v) is 21.8. The molecule has 0 unspecified atom stereocenters. The van der Waals surface area contributed by atoms with E-state index in [1.165, 1.54) is 12.3 Å². The summed E-state index contributed by atoms with van der Waals surface area (Å²) in [7, 11) is 0. The van der Waals surface area contributed by atoms with Crippen LogP contribution in [0, 0.1) is 12.3 Å². The first kappa shape index (κ1) is 25.9. The molecule has 2 aromatic heterocycles.